The summed E-state index contributed by atoms with van der Waals surface area (Å²) in [6.45, 7) is 4.40. The average molecular weight is 366 g/mol. The molecule has 7 heteroatoms. The van der Waals surface area contributed by atoms with E-state index in [9.17, 15) is 0 Å². The fourth-order valence-electron chi connectivity index (χ4n) is 1.85. The van der Waals surface area contributed by atoms with Gasteiger partial charge in [0.2, 0.25) is 0 Å². The van der Waals surface area contributed by atoms with Gasteiger partial charge < -0.3 is 15.8 Å². The summed E-state index contributed by atoms with van der Waals surface area (Å²) in [6.07, 6.45) is 2.03. The number of aromatic nitrogens is 2. The molecule has 1 aromatic carbocycles. The Labute approximate surface area is 138 Å². The van der Waals surface area contributed by atoms with Gasteiger partial charge in [-0.15, -0.1) is 0 Å². The molecule has 0 unspecified atom stereocenters. The predicted octanol–water partition coefficient (Wildman–Crippen LogP) is 2.90. The molecule has 0 aliphatic rings. The second kappa shape index (κ2) is 7.31. The molecule has 2 rings (SSSR count). The van der Waals surface area contributed by atoms with Crippen molar-refractivity contribution in [3.63, 3.8) is 0 Å². The Morgan fingerprint density at radius 1 is 1.41 bits per heavy atom. The Kier molecular flexibility index (Phi) is 5.43. The lowest BCUT2D eigenvalue weighted by Crippen LogP contribution is -2.22. The maximum Gasteiger partial charge on any atom is 0.193 e. The van der Waals surface area contributed by atoms with Crippen LogP contribution in [0, 0.1) is 0 Å². The van der Waals surface area contributed by atoms with Gasteiger partial charge in [-0.05, 0) is 54.0 Å². The number of nitrogens with zero attached hydrogens (tertiary/aromatic N) is 3. The first-order valence-corrected chi connectivity index (χ1v) is 7.75. The Morgan fingerprint density at radius 2 is 2.09 bits per heavy atom. The Balaban J connectivity index is 1.94. The molecule has 1 aromatic heterocycles. The highest BCUT2D eigenvalue weighted by Crippen LogP contribution is 2.17. The lowest BCUT2D eigenvalue weighted by Gasteiger charge is -2.10. The molecule has 22 heavy (non-hydrogen) atoms. The molecule has 1 heterocycles. The van der Waals surface area contributed by atoms with Crippen LogP contribution < -0.4 is 15.8 Å². The minimum Gasteiger partial charge on any atom is -0.491 e. The van der Waals surface area contributed by atoms with Crippen LogP contribution in [0.5, 0.6) is 5.75 Å². The Hall–Kier alpha value is -2.02. The van der Waals surface area contributed by atoms with E-state index in [2.05, 4.69) is 31.3 Å². The van der Waals surface area contributed by atoms with Gasteiger partial charge in [0.05, 0.1) is 22.8 Å². The topological polar surface area (TPSA) is 77.5 Å². The molecule has 0 amide bonds. The van der Waals surface area contributed by atoms with Crippen molar-refractivity contribution in [1.82, 2.24) is 9.78 Å². The molecule has 3 N–H and O–H groups in total. The molecule has 2 aromatic rings. The summed E-state index contributed by atoms with van der Waals surface area (Å²) in [5.74, 6) is 1.17. The third-order valence-corrected chi connectivity index (χ3v) is 3.41. The molecule has 118 valence electrons. The fourth-order valence-corrected chi connectivity index (χ4v) is 2.35. The highest BCUT2D eigenvalue weighted by molar-refractivity contribution is 9.10. The van der Waals surface area contributed by atoms with E-state index < -0.39 is 0 Å². The predicted molar refractivity (Wildman–Crippen MR) is 92.1 cm³/mol. The van der Waals surface area contributed by atoms with Gasteiger partial charge in [0.1, 0.15) is 5.75 Å². The zero-order chi connectivity index (χ0) is 16.1. The van der Waals surface area contributed by atoms with Gasteiger partial charge in [0.15, 0.2) is 5.96 Å². The molecule has 0 aliphatic carbocycles. The van der Waals surface area contributed by atoms with E-state index in [1.54, 1.807) is 4.68 Å². The highest BCUT2D eigenvalue weighted by atomic mass is 79.9. The molecule has 0 saturated carbocycles. The van der Waals surface area contributed by atoms with Crippen LogP contribution in [-0.4, -0.2) is 21.8 Å². The zero-order valence-electron chi connectivity index (χ0n) is 12.9. The quantitative estimate of drug-likeness (QED) is 0.630. The van der Waals surface area contributed by atoms with Gasteiger partial charge in [0, 0.05) is 18.9 Å². The Bertz CT molecular complexity index is 648. The molecular weight excluding hydrogens is 346 g/mol. The van der Waals surface area contributed by atoms with Crippen LogP contribution in [0.4, 0.5) is 5.69 Å². The van der Waals surface area contributed by atoms with Gasteiger partial charge in [-0.3, -0.25) is 4.68 Å². The van der Waals surface area contributed by atoms with Crippen LogP contribution in [-0.2, 0) is 13.6 Å². The molecule has 0 bridgehead atoms. The lowest BCUT2D eigenvalue weighted by molar-refractivity contribution is 0.242. The summed E-state index contributed by atoms with van der Waals surface area (Å²) in [4.78, 5) is 4.28. The van der Waals surface area contributed by atoms with Crippen LogP contribution in [0.3, 0.4) is 0 Å². The first kappa shape index (κ1) is 16.4. The number of ether oxygens (including phenoxy) is 1. The van der Waals surface area contributed by atoms with Crippen molar-refractivity contribution in [2.24, 2.45) is 17.8 Å². The molecule has 0 saturated heterocycles. The summed E-state index contributed by atoms with van der Waals surface area (Å²) in [6, 6.07) is 7.59. The van der Waals surface area contributed by atoms with Gasteiger partial charge in [-0.2, -0.15) is 5.10 Å². The largest absolute Gasteiger partial charge is 0.491 e. The van der Waals surface area contributed by atoms with Gasteiger partial charge in [-0.25, -0.2) is 4.99 Å². The zero-order valence-corrected chi connectivity index (χ0v) is 14.5. The van der Waals surface area contributed by atoms with Gasteiger partial charge >= 0.3 is 0 Å². The SMILES string of the molecule is CC(C)Oc1ccc(NC(N)=NCc2nn(C)cc2Br)cc1. The first-order valence-electron chi connectivity index (χ1n) is 6.95. The third-order valence-electron chi connectivity index (χ3n) is 2.75. The van der Waals surface area contributed by atoms with Crippen molar-refractivity contribution >= 4 is 27.6 Å². The van der Waals surface area contributed by atoms with Gasteiger partial charge in [-0.1, -0.05) is 0 Å². The molecule has 0 radical (unpaired) electrons. The van der Waals surface area contributed by atoms with Crippen molar-refractivity contribution in [3.05, 3.63) is 40.6 Å². The first-order chi connectivity index (χ1) is 10.4. The van der Waals surface area contributed by atoms with Crippen molar-refractivity contribution < 1.29 is 4.74 Å². The van der Waals surface area contributed by atoms with Crippen molar-refractivity contribution in [3.8, 4) is 5.75 Å². The van der Waals surface area contributed by atoms with E-state index in [0.717, 1.165) is 21.6 Å². The number of aliphatic imine (C=N–C) groups is 1. The lowest BCUT2D eigenvalue weighted by atomic mass is 10.3. The summed E-state index contributed by atoms with van der Waals surface area (Å²) < 4.78 is 8.24. The molecule has 0 spiro atoms. The summed E-state index contributed by atoms with van der Waals surface area (Å²) in [5, 5.41) is 7.33. The fraction of sp³-hybridized carbons (Fsp3) is 0.333. The van der Waals surface area contributed by atoms with E-state index in [1.165, 1.54) is 0 Å². The van der Waals surface area contributed by atoms with E-state index in [-0.39, 0.29) is 6.10 Å². The molecule has 0 aliphatic heterocycles. The number of nitrogens with two attached hydrogens (primary N) is 1. The summed E-state index contributed by atoms with van der Waals surface area (Å²) in [5.41, 5.74) is 7.59. The number of nitrogens with one attached hydrogen (secondary N) is 1. The number of halogens is 1. The second-order valence-electron chi connectivity index (χ2n) is 5.11. The maximum absolute atomic E-state index is 5.89. The molecular formula is C15H20BrN5O. The standard InChI is InChI=1S/C15H20BrN5O/c1-10(2)22-12-6-4-11(5-7-12)19-15(17)18-8-14-13(16)9-21(3)20-14/h4-7,9-10H,8H2,1-3H3,(H3,17,18,19). The smallest absolute Gasteiger partial charge is 0.193 e. The van der Waals surface area contributed by atoms with E-state index >= 15 is 0 Å². The monoisotopic (exact) mass is 365 g/mol. The second-order valence-corrected chi connectivity index (χ2v) is 5.97. The van der Waals surface area contributed by atoms with Crippen LogP contribution in [0.1, 0.15) is 19.5 Å². The van der Waals surface area contributed by atoms with Crippen molar-refractivity contribution in [2.75, 3.05) is 5.32 Å². The van der Waals surface area contributed by atoms with E-state index in [0.29, 0.717) is 12.5 Å². The number of benzene rings is 1. The van der Waals surface area contributed by atoms with Gasteiger partial charge in [0.25, 0.3) is 0 Å². The maximum atomic E-state index is 5.89. The summed E-state index contributed by atoms with van der Waals surface area (Å²) >= 11 is 3.43. The number of guanidine groups is 1. The normalized spacial score (nSPS) is 11.8. The summed E-state index contributed by atoms with van der Waals surface area (Å²) in [7, 11) is 1.86. The minimum absolute atomic E-state index is 0.155. The number of hydrogen-bond donors (Lipinski definition) is 2. The molecule has 0 atom stereocenters. The average Bonchev–Trinajstić information content (AvgIpc) is 2.76. The van der Waals surface area contributed by atoms with Crippen molar-refractivity contribution in [2.45, 2.75) is 26.5 Å². The van der Waals surface area contributed by atoms with Crippen molar-refractivity contribution in [1.29, 1.82) is 0 Å². The highest BCUT2D eigenvalue weighted by Gasteiger charge is 2.04. The number of anilines is 1. The number of hydrogen-bond acceptors (Lipinski definition) is 3. The van der Waals surface area contributed by atoms with Crippen LogP contribution in [0.25, 0.3) is 0 Å². The number of aryl methyl sites for hydroxylation is 1. The number of rotatable bonds is 5. The van der Waals surface area contributed by atoms with Crippen LogP contribution >= 0.6 is 15.9 Å². The van der Waals surface area contributed by atoms with E-state index in [1.807, 2.05) is 51.4 Å². The Morgan fingerprint density at radius 3 is 2.64 bits per heavy atom. The molecule has 6 nitrogen and oxygen atoms in total. The minimum atomic E-state index is 0.155. The van der Waals surface area contributed by atoms with Crippen LogP contribution in [0.2, 0.25) is 0 Å². The third kappa shape index (κ3) is 4.77. The van der Waals surface area contributed by atoms with Crippen LogP contribution in [0.15, 0.2) is 39.9 Å². The molecule has 0 fully saturated rings. The van der Waals surface area contributed by atoms with E-state index in [4.69, 9.17) is 10.5 Å².